The van der Waals surface area contributed by atoms with E-state index < -0.39 is 0 Å². The van der Waals surface area contributed by atoms with Crippen molar-refractivity contribution in [2.75, 3.05) is 17.6 Å². The van der Waals surface area contributed by atoms with Gasteiger partial charge in [-0.1, -0.05) is 12.8 Å². The summed E-state index contributed by atoms with van der Waals surface area (Å²) in [7, 11) is 0. The molecule has 1 saturated carbocycles. The molecular weight excluding hydrogens is 224 g/mol. The molecule has 3 N–H and O–H groups in total. The molecule has 4 heteroatoms. The van der Waals surface area contributed by atoms with Gasteiger partial charge in [-0.25, -0.2) is 4.68 Å². The van der Waals surface area contributed by atoms with Crippen LogP contribution in [0.1, 0.15) is 31.7 Å². The Hall–Kier alpha value is -1.71. The molecule has 0 radical (unpaired) electrons. The first-order valence-corrected chi connectivity index (χ1v) is 6.84. The van der Waals surface area contributed by atoms with Gasteiger partial charge in [0.15, 0.2) is 0 Å². The normalized spacial score (nSPS) is 26.4. The molecule has 0 amide bonds. The number of benzene rings is 1. The molecule has 94 valence electrons. The molecule has 1 aromatic heterocycles. The highest BCUT2D eigenvalue weighted by Gasteiger charge is 2.33. The minimum absolute atomic E-state index is 0.587. The van der Waals surface area contributed by atoms with Crippen LogP contribution in [-0.4, -0.2) is 16.3 Å². The zero-order valence-electron chi connectivity index (χ0n) is 10.4. The van der Waals surface area contributed by atoms with Gasteiger partial charge in [-0.3, -0.25) is 0 Å². The fourth-order valence-electron chi connectivity index (χ4n) is 3.51. The van der Waals surface area contributed by atoms with Crippen LogP contribution in [0.25, 0.3) is 10.9 Å². The summed E-state index contributed by atoms with van der Waals surface area (Å²) in [4.78, 5) is 0. The van der Waals surface area contributed by atoms with Crippen molar-refractivity contribution in [3.63, 3.8) is 0 Å². The molecule has 0 bridgehead atoms. The first-order chi connectivity index (χ1) is 8.83. The minimum Gasteiger partial charge on any atom is -0.399 e. The molecule has 0 saturated heterocycles. The number of nitrogens with one attached hydrogen (secondary N) is 1. The number of nitrogen functional groups attached to an aromatic ring is 1. The molecule has 2 aliphatic rings. The van der Waals surface area contributed by atoms with Crippen LogP contribution in [0.15, 0.2) is 18.2 Å². The Kier molecular flexibility index (Phi) is 2.07. The maximum atomic E-state index is 5.84. The molecule has 4 rings (SSSR count). The van der Waals surface area contributed by atoms with E-state index in [1.54, 1.807) is 0 Å². The highest BCUT2D eigenvalue weighted by molar-refractivity contribution is 5.92. The average Bonchev–Trinajstić information content (AvgIpc) is 2.76. The van der Waals surface area contributed by atoms with Gasteiger partial charge in [0.1, 0.15) is 5.82 Å². The summed E-state index contributed by atoms with van der Waals surface area (Å²) in [5.41, 5.74) is 7.65. The first-order valence-electron chi connectivity index (χ1n) is 6.84. The summed E-state index contributed by atoms with van der Waals surface area (Å²) in [5.74, 6) is 1.94. The smallest absolute Gasteiger partial charge is 0.132 e. The molecule has 1 aromatic carbocycles. The van der Waals surface area contributed by atoms with E-state index in [0.717, 1.165) is 23.7 Å². The Morgan fingerprint density at radius 2 is 2.17 bits per heavy atom. The van der Waals surface area contributed by atoms with Crippen LogP contribution in [0.2, 0.25) is 0 Å². The number of hydrogen-bond acceptors (Lipinski definition) is 3. The fourth-order valence-corrected chi connectivity index (χ4v) is 3.51. The third-order valence-corrected chi connectivity index (χ3v) is 4.44. The van der Waals surface area contributed by atoms with Gasteiger partial charge in [-0.05, 0) is 37.0 Å². The minimum atomic E-state index is 0.587. The third-order valence-electron chi connectivity index (χ3n) is 4.44. The summed E-state index contributed by atoms with van der Waals surface area (Å²) in [6.07, 6.45) is 5.29. The summed E-state index contributed by atoms with van der Waals surface area (Å²) < 4.78 is 2.22. The second kappa shape index (κ2) is 3.64. The number of nitrogens with zero attached hydrogens (tertiary/aromatic N) is 2. The van der Waals surface area contributed by atoms with Gasteiger partial charge in [0.05, 0.1) is 11.6 Å². The van der Waals surface area contributed by atoms with Gasteiger partial charge in [0.25, 0.3) is 0 Å². The second-order valence-corrected chi connectivity index (χ2v) is 5.56. The summed E-state index contributed by atoms with van der Waals surface area (Å²) in [6.45, 7) is 1.09. The van der Waals surface area contributed by atoms with Gasteiger partial charge < -0.3 is 11.1 Å². The topological polar surface area (TPSA) is 55.9 Å². The maximum Gasteiger partial charge on any atom is 0.132 e. The molecule has 1 aliphatic carbocycles. The van der Waals surface area contributed by atoms with E-state index >= 15 is 0 Å². The lowest BCUT2D eigenvalue weighted by molar-refractivity contribution is 0.223. The van der Waals surface area contributed by atoms with Crippen LogP contribution < -0.4 is 11.1 Å². The SMILES string of the molecule is Nc1ccc2c3n(nc2c1)C1CCCCC1CN3. The molecular formula is C14H18N4. The van der Waals surface area contributed by atoms with E-state index in [-0.39, 0.29) is 0 Å². The van der Waals surface area contributed by atoms with E-state index in [1.807, 2.05) is 12.1 Å². The van der Waals surface area contributed by atoms with Crippen LogP contribution in [0.3, 0.4) is 0 Å². The molecule has 2 unspecified atom stereocenters. The standard InChI is InChI=1S/C14H18N4/c15-10-5-6-11-12(7-10)17-18-13-4-2-1-3-9(13)8-16-14(11)18/h5-7,9,13,16H,1-4,8,15H2. The Balaban J connectivity index is 1.89. The van der Waals surface area contributed by atoms with Crippen molar-refractivity contribution >= 4 is 22.4 Å². The lowest BCUT2D eigenvalue weighted by atomic mass is 9.83. The predicted molar refractivity (Wildman–Crippen MR) is 73.6 cm³/mol. The zero-order chi connectivity index (χ0) is 12.1. The number of nitrogens with two attached hydrogens (primary N) is 1. The fraction of sp³-hybridized carbons (Fsp3) is 0.500. The van der Waals surface area contributed by atoms with Gasteiger partial charge in [-0.2, -0.15) is 5.10 Å². The summed E-state index contributed by atoms with van der Waals surface area (Å²) >= 11 is 0. The number of rotatable bonds is 0. The van der Waals surface area contributed by atoms with E-state index in [1.165, 1.54) is 36.9 Å². The number of aromatic nitrogens is 2. The quantitative estimate of drug-likeness (QED) is 0.698. The molecule has 4 nitrogen and oxygen atoms in total. The van der Waals surface area contributed by atoms with E-state index in [0.29, 0.717) is 6.04 Å². The molecule has 2 heterocycles. The average molecular weight is 242 g/mol. The van der Waals surface area contributed by atoms with Crippen molar-refractivity contribution in [3.05, 3.63) is 18.2 Å². The van der Waals surface area contributed by atoms with Crippen molar-refractivity contribution in [2.24, 2.45) is 5.92 Å². The van der Waals surface area contributed by atoms with E-state index in [2.05, 4.69) is 16.1 Å². The Bertz CT molecular complexity index is 601. The Labute approximate surface area is 106 Å². The van der Waals surface area contributed by atoms with Crippen molar-refractivity contribution in [1.29, 1.82) is 0 Å². The van der Waals surface area contributed by atoms with Crippen LogP contribution in [0, 0.1) is 5.92 Å². The highest BCUT2D eigenvalue weighted by atomic mass is 15.4. The molecule has 0 spiro atoms. The molecule has 1 fully saturated rings. The predicted octanol–water partition coefficient (Wildman–Crippen LogP) is 2.78. The first kappa shape index (κ1) is 10.2. The van der Waals surface area contributed by atoms with Gasteiger partial charge in [0.2, 0.25) is 0 Å². The molecule has 18 heavy (non-hydrogen) atoms. The third kappa shape index (κ3) is 1.35. The monoisotopic (exact) mass is 242 g/mol. The molecule has 2 atom stereocenters. The summed E-state index contributed by atoms with van der Waals surface area (Å²) in [6, 6.07) is 6.60. The highest BCUT2D eigenvalue weighted by Crippen LogP contribution is 2.41. The van der Waals surface area contributed by atoms with Crippen LogP contribution in [-0.2, 0) is 0 Å². The van der Waals surface area contributed by atoms with Crippen molar-refractivity contribution in [1.82, 2.24) is 9.78 Å². The number of anilines is 2. The Morgan fingerprint density at radius 3 is 3.11 bits per heavy atom. The van der Waals surface area contributed by atoms with Crippen LogP contribution >= 0.6 is 0 Å². The van der Waals surface area contributed by atoms with Gasteiger partial charge in [0, 0.05) is 17.6 Å². The van der Waals surface area contributed by atoms with E-state index in [9.17, 15) is 0 Å². The van der Waals surface area contributed by atoms with Crippen molar-refractivity contribution in [3.8, 4) is 0 Å². The zero-order valence-corrected chi connectivity index (χ0v) is 10.4. The second-order valence-electron chi connectivity index (χ2n) is 5.56. The maximum absolute atomic E-state index is 5.84. The van der Waals surface area contributed by atoms with Crippen LogP contribution in [0.5, 0.6) is 0 Å². The summed E-state index contributed by atoms with van der Waals surface area (Å²) in [5, 5.41) is 9.54. The molecule has 2 aromatic rings. The van der Waals surface area contributed by atoms with Crippen molar-refractivity contribution in [2.45, 2.75) is 31.7 Å². The largest absolute Gasteiger partial charge is 0.399 e. The Morgan fingerprint density at radius 1 is 1.28 bits per heavy atom. The number of fused-ring (bicyclic) bond motifs is 5. The lowest BCUT2D eigenvalue weighted by Crippen LogP contribution is -2.35. The number of hydrogen-bond donors (Lipinski definition) is 2. The molecule has 1 aliphatic heterocycles. The van der Waals surface area contributed by atoms with Gasteiger partial charge >= 0.3 is 0 Å². The van der Waals surface area contributed by atoms with E-state index in [4.69, 9.17) is 10.8 Å². The van der Waals surface area contributed by atoms with Crippen molar-refractivity contribution < 1.29 is 0 Å². The van der Waals surface area contributed by atoms with Gasteiger partial charge in [-0.15, -0.1) is 0 Å². The van der Waals surface area contributed by atoms with Crippen LogP contribution in [0.4, 0.5) is 11.5 Å². The lowest BCUT2D eigenvalue weighted by Gasteiger charge is -2.37.